The Morgan fingerprint density at radius 2 is 2.00 bits per heavy atom. The van der Waals surface area contributed by atoms with E-state index in [2.05, 4.69) is 9.97 Å². The van der Waals surface area contributed by atoms with Crippen molar-refractivity contribution in [2.75, 3.05) is 7.05 Å². The number of nitrogens with one attached hydrogen (secondary N) is 1. The third-order valence-corrected chi connectivity index (χ3v) is 2.93. The summed E-state index contributed by atoms with van der Waals surface area (Å²) in [5, 5.41) is 0. The second-order valence-electron chi connectivity index (χ2n) is 4.45. The zero-order chi connectivity index (χ0) is 13.1. The fourth-order valence-electron chi connectivity index (χ4n) is 1.74. The van der Waals surface area contributed by atoms with Crippen molar-refractivity contribution in [3.8, 4) is 11.3 Å². The van der Waals surface area contributed by atoms with Crippen LogP contribution in [0.5, 0.6) is 0 Å². The smallest absolute Gasteiger partial charge is 0.219 e. The molecule has 18 heavy (non-hydrogen) atoms. The van der Waals surface area contributed by atoms with Gasteiger partial charge in [0, 0.05) is 20.5 Å². The first-order valence-electron chi connectivity index (χ1n) is 5.89. The van der Waals surface area contributed by atoms with Crippen LogP contribution in [0, 0.1) is 6.92 Å². The van der Waals surface area contributed by atoms with Crippen LogP contribution < -0.4 is 0 Å². The van der Waals surface area contributed by atoms with E-state index < -0.39 is 0 Å². The summed E-state index contributed by atoms with van der Waals surface area (Å²) in [4.78, 5) is 20.2. The molecule has 0 aliphatic heterocycles. The van der Waals surface area contributed by atoms with Gasteiger partial charge in [-0.15, -0.1) is 0 Å². The van der Waals surface area contributed by atoms with Gasteiger partial charge in [-0.25, -0.2) is 4.98 Å². The van der Waals surface area contributed by atoms with E-state index in [0.717, 1.165) is 22.6 Å². The molecule has 0 fully saturated rings. The van der Waals surface area contributed by atoms with Crippen LogP contribution >= 0.6 is 0 Å². The molecule has 0 saturated heterocycles. The van der Waals surface area contributed by atoms with Crippen molar-refractivity contribution < 1.29 is 4.79 Å². The molecule has 1 N–H and O–H groups in total. The van der Waals surface area contributed by atoms with Crippen LogP contribution in [0.3, 0.4) is 0 Å². The molecule has 0 atom stereocenters. The van der Waals surface area contributed by atoms with E-state index in [4.69, 9.17) is 0 Å². The summed E-state index contributed by atoms with van der Waals surface area (Å²) in [5.74, 6) is 0.980. The highest BCUT2D eigenvalue weighted by atomic mass is 16.2. The first-order valence-corrected chi connectivity index (χ1v) is 5.89. The van der Waals surface area contributed by atoms with Crippen molar-refractivity contribution in [3.05, 3.63) is 41.9 Å². The molecule has 0 saturated carbocycles. The summed E-state index contributed by atoms with van der Waals surface area (Å²) < 4.78 is 0. The Labute approximate surface area is 107 Å². The number of carbonyl (C=O) groups is 1. The van der Waals surface area contributed by atoms with Gasteiger partial charge in [-0.2, -0.15) is 0 Å². The summed E-state index contributed by atoms with van der Waals surface area (Å²) in [6.45, 7) is 4.14. The molecule has 94 valence electrons. The van der Waals surface area contributed by atoms with E-state index >= 15 is 0 Å². The number of carbonyl (C=O) groups excluding carboxylic acids is 1. The van der Waals surface area contributed by atoms with Gasteiger partial charge >= 0.3 is 0 Å². The van der Waals surface area contributed by atoms with Crippen molar-refractivity contribution in [1.82, 2.24) is 14.9 Å². The molecule has 4 heteroatoms. The Bertz CT molecular complexity index is 542. The zero-order valence-corrected chi connectivity index (χ0v) is 10.9. The Hall–Kier alpha value is -2.10. The summed E-state index contributed by atoms with van der Waals surface area (Å²) in [6, 6.07) is 8.14. The number of aromatic amines is 1. The topological polar surface area (TPSA) is 49.0 Å². The number of imidazole rings is 1. The third kappa shape index (κ3) is 2.77. The Kier molecular flexibility index (Phi) is 3.46. The van der Waals surface area contributed by atoms with Crippen LogP contribution in [0.4, 0.5) is 0 Å². The monoisotopic (exact) mass is 243 g/mol. The molecular formula is C14H17N3O. The molecule has 2 rings (SSSR count). The summed E-state index contributed by atoms with van der Waals surface area (Å²) in [7, 11) is 1.80. The highest BCUT2D eigenvalue weighted by Crippen LogP contribution is 2.18. The molecule has 0 aliphatic carbocycles. The molecule has 1 aromatic heterocycles. The average Bonchev–Trinajstić information content (AvgIpc) is 2.76. The third-order valence-electron chi connectivity index (χ3n) is 2.93. The quantitative estimate of drug-likeness (QED) is 0.899. The summed E-state index contributed by atoms with van der Waals surface area (Å²) >= 11 is 0. The van der Waals surface area contributed by atoms with Crippen molar-refractivity contribution in [2.45, 2.75) is 20.4 Å². The molecule has 0 spiro atoms. The van der Waals surface area contributed by atoms with Gasteiger partial charge in [-0.1, -0.05) is 24.3 Å². The molecular weight excluding hydrogens is 226 g/mol. The fraction of sp³-hybridized carbons (Fsp3) is 0.286. The van der Waals surface area contributed by atoms with E-state index in [-0.39, 0.29) is 5.91 Å². The van der Waals surface area contributed by atoms with Gasteiger partial charge in [0.1, 0.15) is 5.82 Å². The molecule has 0 aliphatic rings. The summed E-state index contributed by atoms with van der Waals surface area (Å²) in [6.07, 6.45) is 1.83. The number of hydrogen-bond donors (Lipinski definition) is 1. The van der Waals surface area contributed by atoms with Crippen molar-refractivity contribution >= 4 is 5.91 Å². The molecule has 0 bridgehead atoms. The minimum atomic E-state index is 0.0725. The first kappa shape index (κ1) is 12.4. The lowest BCUT2D eigenvalue weighted by molar-refractivity contribution is -0.128. The van der Waals surface area contributed by atoms with E-state index in [0.29, 0.717) is 6.54 Å². The number of benzene rings is 1. The number of nitrogens with zero attached hydrogens (tertiary/aromatic N) is 2. The van der Waals surface area contributed by atoms with Gasteiger partial charge in [0.05, 0.1) is 11.9 Å². The lowest BCUT2D eigenvalue weighted by atomic mass is 10.1. The predicted molar refractivity (Wildman–Crippen MR) is 70.9 cm³/mol. The average molecular weight is 243 g/mol. The highest BCUT2D eigenvalue weighted by molar-refractivity contribution is 5.72. The molecule has 2 aromatic rings. The minimum absolute atomic E-state index is 0.0725. The number of H-pyrrole nitrogens is 1. The van der Waals surface area contributed by atoms with Crippen molar-refractivity contribution in [2.24, 2.45) is 0 Å². The van der Waals surface area contributed by atoms with Crippen LogP contribution in [-0.2, 0) is 11.3 Å². The number of rotatable bonds is 3. The lowest BCUT2D eigenvalue weighted by Gasteiger charge is -2.14. The molecule has 1 heterocycles. The molecule has 1 aromatic carbocycles. The highest BCUT2D eigenvalue weighted by Gasteiger charge is 2.04. The molecule has 0 unspecified atom stereocenters. The van der Waals surface area contributed by atoms with E-state index in [9.17, 15) is 4.79 Å². The number of aromatic nitrogens is 2. The Morgan fingerprint density at radius 3 is 2.50 bits per heavy atom. The van der Waals surface area contributed by atoms with Gasteiger partial charge < -0.3 is 9.88 Å². The number of amides is 1. The van der Waals surface area contributed by atoms with Crippen LogP contribution in [-0.4, -0.2) is 27.8 Å². The van der Waals surface area contributed by atoms with Crippen LogP contribution in [0.2, 0.25) is 0 Å². The second kappa shape index (κ2) is 5.04. The SMILES string of the molecule is CC(=O)N(C)Cc1ccc(-c2cnc(C)[nH]2)cc1. The zero-order valence-electron chi connectivity index (χ0n) is 10.9. The van der Waals surface area contributed by atoms with Gasteiger partial charge in [0.15, 0.2) is 0 Å². The number of hydrogen-bond acceptors (Lipinski definition) is 2. The van der Waals surface area contributed by atoms with Crippen molar-refractivity contribution in [1.29, 1.82) is 0 Å². The van der Waals surface area contributed by atoms with Crippen LogP contribution in [0.15, 0.2) is 30.5 Å². The normalized spacial score (nSPS) is 10.4. The number of aryl methyl sites for hydroxylation is 1. The van der Waals surface area contributed by atoms with E-state index in [1.807, 2.05) is 37.4 Å². The van der Waals surface area contributed by atoms with Gasteiger partial charge in [-0.3, -0.25) is 4.79 Å². The molecule has 4 nitrogen and oxygen atoms in total. The van der Waals surface area contributed by atoms with E-state index in [1.165, 1.54) is 0 Å². The van der Waals surface area contributed by atoms with Gasteiger partial charge in [0.25, 0.3) is 0 Å². The van der Waals surface area contributed by atoms with Crippen LogP contribution in [0.25, 0.3) is 11.3 Å². The minimum Gasteiger partial charge on any atom is -0.342 e. The summed E-state index contributed by atoms with van der Waals surface area (Å²) in [5.41, 5.74) is 3.23. The fourth-order valence-corrected chi connectivity index (χ4v) is 1.74. The molecule has 1 amide bonds. The van der Waals surface area contributed by atoms with Gasteiger partial charge in [-0.05, 0) is 18.1 Å². The molecule has 0 radical (unpaired) electrons. The van der Waals surface area contributed by atoms with E-state index in [1.54, 1.807) is 18.9 Å². The Balaban J connectivity index is 2.13. The predicted octanol–water partition coefficient (Wildman–Crippen LogP) is 2.36. The van der Waals surface area contributed by atoms with Crippen molar-refractivity contribution in [3.63, 3.8) is 0 Å². The maximum atomic E-state index is 11.2. The maximum absolute atomic E-state index is 11.2. The largest absolute Gasteiger partial charge is 0.342 e. The second-order valence-corrected chi connectivity index (χ2v) is 4.45. The Morgan fingerprint density at radius 1 is 1.33 bits per heavy atom. The first-order chi connectivity index (χ1) is 8.56. The maximum Gasteiger partial charge on any atom is 0.219 e. The van der Waals surface area contributed by atoms with Gasteiger partial charge in [0.2, 0.25) is 5.91 Å². The van der Waals surface area contributed by atoms with Crippen LogP contribution in [0.1, 0.15) is 18.3 Å². The lowest BCUT2D eigenvalue weighted by Crippen LogP contribution is -2.22. The standard InChI is InChI=1S/C14H17N3O/c1-10-15-8-14(16-10)13-6-4-12(5-7-13)9-17(3)11(2)18/h4-8H,9H2,1-3H3,(H,15,16).